The third-order valence-electron chi connectivity index (χ3n) is 10.9. The summed E-state index contributed by atoms with van der Waals surface area (Å²) in [5.74, 6) is 2.35. The average Bonchev–Trinajstić information content (AvgIpc) is 3.15. The van der Waals surface area contributed by atoms with E-state index in [0.29, 0.717) is 41.8 Å². The number of hydrogen-bond acceptors (Lipinski definition) is 5. The summed E-state index contributed by atoms with van der Waals surface area (Å²) in [6, 6.07) is 1.39. The molecule has 6 rings (SSSR count). The molecule has 6 aliphatic rings. The van der Waals surface area contributed by atoms with Gasteiger partial charge < -0.3 is 25.6 Å². The fourth-order valence-corrected chi connectivity index (χ4v) is 10.0. The van der Waals surface area contributed by atoms with Crippen LogP contribution in [0.3, 0.4) is 0 Å². The quantitative estimate of drug-likeness (QED) is 0.536. The molecular formula is C30H50N4O3. The van der Waals surface area contributed by atoms with Crippen LogP contribution in [0.2, 0.25) is 0 Å². The highest BCUT2D eigenvalue weighted by Gasteiger charge is 2.61. The Morgan fingerprint density at radius 2 is 1.73 bits per heavy atom. The van der Waals surface area contributed by atoms with Gasteiger partial charge in [-0.2, -0.15) is 0 Å². The van der Waals surface area contributed by atoms with Crippen molar-refractivity contribution in [3.63, 3.8) is 0 Å². The highest BCUT2D eigenvalue weighted by atomic mass is 16.5. The topological polar surface area (TPSA) is 82.7 Å². The van der Waals surface area contributed by atoms with Crippen LogP contribution < -0.4 is 16.0 Å². The highest BCUT2D eigenvalue weighted by molar-refractivity contribution is 5.82. The van der Waals surface area contributed by atoms with Crippen molar-refractivity contribution in [3.05, 3.63) is 0 Å². The van der Waals surface area contributed by atoms with Gasteiger partial charge in [0, 0.05) is 35.1 Å². The van der Waals surface area contributed by atoms with Gasteiger partial charge in [-0.05, 0) is 110 Å². The van der Waals surface area contributed by atoms with Crippen molar-refractivity contribution in [1.29, 1.82) is 0 Å². The number of rotatable bonds is 4. The zero-order chi connectivity index (χ0) is 26.1. The summed E-state index contributed by atoms with van der Waals surface area (Å²) in [4.78, 5) is 29.3. The molecule has 0 radical (unpaired) electrons. The molecular weight excluding hydrogens is 464 g/mol. The van der Waals surface area contributed by atoms with Crippen molar-refractivity contribution in [2.45, 2.75) is 146 Å². The first-order valence-corrected chi connectivity index (χ1v) is 15.3. The molecule has 9 atom stereocenters. The summed E-state index contributed by atoms with van der Waals surface area (Å²) in [6.45, 7) is 11.9. The molecule has 6 fully saturated rings. The maximum absolute atomic E-state index is 13.8. The van der Waals surface area contributed by atoms with Gasteiger partial charge in [0.15, 0.2) is 0 Å². The first kappa shape index (κ1) is 26.1. The number of carbonyl (C=O) groups is 2. The van der Waals surface area contributed by atoms with Gasteiger partial charge in [0.25, 0.3) is 0 Å². The third-order valence-corrected chi connectivity index (χ3v) is 10.9. The van der Waals surface area contributed by atoms with E-state index in [9.17, 15) is 9.59 Å². The Morgan fingerprint density at radius 3 is 2.49 bits per heavy atom. The Morgan fingerprint density at radius 1 is 1.00 bits per heavy atom. The molecule has 37 heavy (non-hydrogen) atoms. The molecule has 0 aromatic heterocycles. The zero-order valence-electron chi connectivity index (χ0n) is 23.7. The largest absolute Gasteiger partial charge is 0.365 e. The second-order valence-corrected chi connectivity index (χ2v) is 14.7. The predicted octanol–water partition coefficient (Wildman–Crippen LogP) is 3.36. The standard InChI is InChI=1S/C30H50N4O3/c1-17(27(35)32-18-15-29(2,3)33-30(4,5)16-18)37-19-10-11-24-23(14-19)21-12-13-31-25-20-8-6-7-9-22(20)28(36)34(24)26(21)25/h17-26,31,33H,6-16H2,1-5H3,(H,32,35)/t17-,19?,20?,21?,22?,23?,24?,25?,26?/m0/s1. The lowest BCUT2D eigenvalue weighted by Crippen LogP contribution is -2.66. The molecule has 0 aromatic carbocycles. The summed E-state index contributed by atoms with van der Waals surface area (Å²) in [5, 5.41) is 10.9. The SMILES string of the molecule is C[C@H](OC1CCC2C(C1)C1CCNC3C4CCCCC4C(=O)N2C13)C(=O)NC1CC(C)(C)NC(C)(C)C1. The Hall–Kier alpha value is -1.18. The maximum atomic E-state index is 13.8. The van der Waals surface area contributed by atoms with Gasteiger partial charge in [-0.3, -0.25) is 9.59 Å². The molecule has 208 valence electrons. The molecule has 7 nitrogen and oxygen atoms in total. The van der Waals surface area contributed by atoms with E-state index in [0.717, 1.165) is 51.5 Å². The van der Waals surface area contributed by atoms with Crippen LogP contribution in [0.4, 0.5) is 0 Å². The van der Waals surface area contributed by atoms with Crippen molar-refractivity contribution in [2.75, 3.05) is 6.54 Å². The number of nitrogens with one attached hydrogen (secondary N) is 3. The first-order valence-electron chi connectivity index (χ1n) is 15.3. The van der Waals surface area contributed by atoms with Crippen LogP contribution in [0, 0.1) is 23.7 Å². The molecule has 0 spiro atoms. The van der Waals surface area contributed by atoms with Crippen LogP contribution in [0.15, 0.2) is 0 Å². The van der Waals surface area contributed by atoms with E-state index in [1.807, 2.05) is 6.92 Å². The van der Waals surface area contributed by atoms with Crippen LogP contribution in [0.25, 0.3) is 0 Å². The van der Waals surface area contributed by atoms with Crippen molar-refractivity contribution >= 4 is 11.8 Å². The Labute approximate surface area is 223 Å². The van der Waals surface area contributed by atoms with E-state index in [4.69, 9.17) is 4.74 Å². The summed E-state index contributed by atoms with van der Waals surface area (Å²) in [6.07, 6.45) is 10.4. The van der Waals surface area contributed by atoms with Gasteiger partial charge >= 0.3 is 0 Å². The van der Waals surface area contributed by atoms with E-state index in [-0.39, 0.29) is 35.0 Å². The predicted molar refractivity (Wildman–Crippen MR) is 144 cm³/mol. The van der Waals surface area contributed by atoms with Crippen molar-refractivity contribution in [1.82, 2.24) is 20.9 Å². The van der Waals surface area contributed by atoms with E-state index >= 15 is 0 Å². The van der Waals surface area contributed by atoms with E-state index in [1.165, 1.54) is 19.3 Å². The van der Waals surface area contributed by atoms with Crippen molar-refractivity contribution < 1.29 is 14.3 Å². The molecule has 4 aliphatic heterocycles. The van der Waals surface area contributed by atoms with E-state index in [1.54, 1.807) is 0 Å². The number of fused-ring (bicyclic) bond motifs is 5. The fraction of sp³-hybridized carbons (Fsp3) is 0.933. The average molecular weight is 515 g/mol. The van der Waals surface area contributed by atoms with E-state index in [2.05, 4.69) is 48.5 Å². The van der Waals surface area contributed by atoms with E-state index < -0.39 is 6.10 Å². The molecule has 3 N–H and O–H groups in total. The summed E-state index contributed by atoms with van der Waals surface area (Å²) < 4.78 is 6.47. The molecule has 2 aliphatic carbocycles. The van der Waals surface area contributed by atoms with Gasteiger partial charge in [0.2, 0.25) is 11.8 Å². The van der Waals surface area contributed by atoms with Gasteiger partial charge in [0.1, 0.15) is 6.10 Å². The van der Waals surface area contributed by atoms with Crippen molar-refractivity contribution in [3.8, 4) is 0 Å². The summed E-state index contributed by atoms with van der Waals surface area (Å²) in [7, 11) is 0. The van der Waals surface area contributed by atoms with Crippen molar-refractivity contribution in [2.24, 2.45) is 23.7 Å². The Bertz CT molecular complexity index is 889. The number of piperidine rings is 3. The maximum Gasteiger partial charge on any atom is 0.249 e. The second kappa shape index (κ2) is 9.48. The lowest BCUT2D eigenvalue weighted by atomic mass is 9.66. The summed E-state index contributed by atoms with van der Waals surface area (Å²) >= 11 is 0. The smallest absolute Gasteiger partial charge is 0.249 e. The zero-order valence-corrected chi connectivity index (χ0v) is 23.7. The Balaban J connectivity index is 1.10. The molecule has 2 amide bonds. The number of amides is 2. The van der Waals surface area contributed by atoms with Crippen LogP contribution in [-0.4, -0.2) is 70.7 Å². The first-order chi connectivity index (χ1) is 17.5. The molecule has 8 unspecified atom stereocenters. The molecule has 0 bridgehead atoms. The minimum atomic E-state index is -0.447. The van der Waals surface area contributed by atoms with Gasteiger partial charge in [-0.25, -0.2) is 0 Å². The molecule has 4 heterocycles. The van der Waals surface area contributed by atoms with Crippen LogP contribution in [0.5, 0.6) is 0 Å². The number of ether oxygens (including phenoxy) is 1. The summed E-state index contributed by atoms with van der Waals surface area (Å²) in [5.41, 5.74) is -0.00315. The number of carbonyl (C=O) groups excluding carboxylic acids is 2. The molecule has 2 saturated carbocycles. The number of hydrogen-bond donors (Lipinski definition) is 3. The van der Waals surface area contributed by atoms with Gasteiger partial charge in [-0.1, -0.05) is 12.8 Å². The van der Waals surface area contributed by atoms with Crippen LogP contribution in [-0.2, 0) is 14.3 Å². The van der Waals surface area contributed by atoms with Gasteiger partial charge in [0.05, 0.1) is 12.1 Å². The monoisotopic (exact) mass is 514 g/mol. The highest BCUT2D eigenvalue weighted by Crippen LogP contribution is 2.54. The normalized spacial score (nSPS) is 43.4. The lowest BCUT2D eigenvalue weighted by Gasteiger charge is -2.52. The van der Waals surface area contributed by atoms with Crippen LogP contribution >= 0.6 is 0 Å². The lowest BCUT2D eigenvalue weighted by molar-refractivity contribution is -0.152. The molecule has 0 aromatic rings. The fourth-order valence-electron chi connectivity index (χ4n) is 10.0. The Kier molecular flexibility index (Phi) is 6.68. The van der Waals surface area contributed by atoms with Crippen LogP contribution in [0.1, 0.15) is 98.8 Å². The minimum absolute atomic E-state index is 0.00157. The molecule has 7 heteroatoms. The number of nitrogens with zero attached hydrogens (tertiary/aromatic N) is 1. The third kappa shape index (κ3) is 4.75. The minimum Gasteiger partial charge on any atom is -0.365 e. The van der Waals surface area contributed by atoms with Gasteiger partial charge in [-0.15, -0.1) is 0 Å². The second-order valence-electron chi connectivity index (χ2n) is 14.7. The molecule has 4 saturated heterocycles.